The van der Waals surface area contributed by atoms with Gasteiger partial charge < -0.3 is 19.1 Å². The highest BCUT2D eigenvalue weighted by Crippen LogP contribution is 2.24. The Morgan fingerprint density at radius 1 is 1.00 bits per heavy atom. The van der Waals surface area contributed by atoms with Crippen molar-refractivity contribution >= 4 is 11.8 Å². The number of carbonyl (C=O) groups is 2. The molecular formula is C21H27N3O3. The second-order valence-corrected chi connectivity index (χ2v) is 7.01. The minimum Gasteiger partial charge on any atom is -0.375 e. The van der Waals surface area contributed by atoms with Crippen LogP contribution in [0, 0.1) is 20.8 Å². The minimum absolute atomic E-state index is 0.0256. The Bertz CT molecular complexity index is 848. The molecule has 1 aromatic carbocycles. The van der Waals surface area contributed by atoms with Crippen LogP contribution in [0.1, 0.15) is 27.3 Å². The van der Waals surface area contributed by atoms with E-state index in [9.17, 15) is 9.59 Å². The molecule has 0 radical (unpaired) electrons. The van der Waals surface area contributed by atoms with Crippen molar-refractivity contribution in [3.8, 4) is 5.69 Å². The Kier molecular flexibility index (Phi) is 5.65. The number of aromatic nitrogens is 1. The van der Waals surface area contributed by atoms with E-state index < -0.39 is 0 Å². The third-order valence-electron chi connectivity index (χ3n) is 5.21. The van der Waals surface area contributed by atoms with E-state index in [1.165, 1.54) is 12.7 Å². The van der Waals surface area contributed by atoms with Crippen molar-refractivity contribution < 1.29 is 14.3 Å². The number of rotatable bonds is 4. The fourth-order valence-corrected chi connectivity index (χ4v) is 3.71. The molecule has 3 rings (SSSR count). The molecule has 6 heteroatoms. The summed E-state index contributed by atoms with van der Waals surface area (Å²) in [6, 6.07) is 10.1. The molecule has 6 nitrogen and oxygen atoms in total. The van der Waals surface area contributed by atoms with E-state index >= 15 is 0 Å². The Hall–Kier alpha value is -2.60. The SMILES string of the molecule is COCC(=O)N1CCN(C(=O)c2cc(C)n(-c3ccccc3C)c2C)CC1. The van der Waals surface area contributed by atoms with Crippen LogP contribution in [-0.4, -0.2) is 66.1 Å². The largest absolute Gasteiger partial charge is 0.375 e. The summed E-state index contributed by atoms with van der Waals surface area (Å²) in [6.45, 7) is 8.36. The first-order chi connectivity index (χ1) is 12.9. The third-order valence-corrected chi connectivity index (χ3v) is 5.21. The summed E-state index contributed by atoms with van der Waals surface area (Å²) in [5, 5.41) is 0. The van der Waals surface area contributed by atoms with Crippen molar-refractivity contribution in [3.05, 3.63) is 52.8 Å². The Balaban J connectivity index is 1.78. The zero-order valence-electron chi connectivity index (χ0n) is 16.5. The molecule has 1 aromatic heterocycles. The summed E-state index contributed by atoms with van der Waals surface area (Å²) in [7, 11) is 1.52. The van der Waals surface area contributed by atoms with Crippen LogP contribution in [0.5, 0.6) is 0 Å². The molecule has 0 N–H and O–H groups in total. The molecule has 1 aliphatic heterocycles. The van der Waals surface area contributed by atoms with Crippen molar-refractivity contribution in [1.82, 2.24) is 14.4 Å². The number of piperazine rings is 1. The zero-order chi connectivity index (χ0) is 19.6. The van der Waals surface area contributed by atoms with Gasteiger partial charge in [0.1, 0.15) is 6.61 Å². The summed E-state index contributed by atoms with van der Waals surface area (Å²) in [4.78, 5) is 28.6. The third kappa shape index (κ3) is 3.76. The standard InChI is InChI=1S/C21H27N3O3/c1-15-7-5-6-8-19(15)24-16(2)13-18(17(24)3)21(26)23-11-9-22(10-12-23)20(25)14-27-4/h5-8,13H,9-12,14H2,1-4H3. The highest BCUT2D eigenvalue weighted by Gasteiger charge is 2.27. The average molecular weight is 369 g/mol. The number of aryl methyl sites for hydroxylation is 2. The number of methoxy groups -OCH3 is 1. The molecule has 0 spiro atoms. The maximum Gasteiger partial charge on any atom is 0.255 e. The first-order valence-electron chi connectivity index (χ1n) is 9.25. The molecule has 2 heterocycles. The Morgan fingerprint density at radius 3 is 2.26 bits per heavy atom. The monoisotopic (exact) mass is 369 g/mol. The topological polar surface area (TPSA) is 54.8 Å². The van der Waals surface area contributed by atoms with E-state index in [2.05, 4.69) is 23.6 Å². The van der Waals surface area contributed by atoms with Crippen LogP contribution < -0.4 is 0 Å². The minimum atomic E-state index is -0.0256. The zero-order valence-corrected chi connectivity index (χ0v) is 16.5. The molecule has 0 atom stereocenters. The average Bonchev–Trinajstić information content (AvgIpc) is 2.96. The molecule has 2 aromatic rings. The summed E-state index contributed by atoms with van der Waals surface area (Å²) in [5.74, 6) is 0.00380. The molecule has 0 saturated carbocycles. The van der Waals surface area contributed by atoms with Crippen LogP contribution in [0.25, 0.3) is 5.69 Å². The number of amides is 2. The van der Waals surface area contributed by atoms with Crippen LogP contribution in [-0.2, 0) is 9.53 Å². The molecule has 27 heavy (non-hydrogen) atoms. The predicted octanol–water partition coefficient (Wildman–Crippen LogP) is 2.33. The number of benzene rings is 1. The number of nitrogens with zero attached hydrogens (tertiary/aromatic N) is 3. The summed E-state index contributed by atoms with van der Waals surface area (Å²) < 4.78 is 7.05. The van der Waals surface area contributed by atoms with E-state index in [0.29, 0.717) is 26.2 Å². The lowest BCUT2D eigenvalue weighted by Crippen LogP contribution is -2.51. The molecule has 2 amide bonds. The predicted molar refractivity (Wildman–Crippen MR) is 104 cm³/mol. The molecular weight excluding hydrogens is 342 g/mol. The molecule has 0 bridgehead atoms. The second-order valence-electron chi connectivity index (χ2n) is 7.01. The van der Waals surface area contributed by atoms with Crippen LogP contribution in [0.2, 0.25) is 0 Å². The highest BCUT2D eigenvalue weighted by molar-refractivity contribution is 5.96. The van der Waals surface area contributed by atoms with Gasteiger partial charge in [0.15, 0.2) is 0 Å². The van der Waals surface area contributed by atoms with Gasteiger partial charge in [-0.3, -0.25) is 9.59 Å². The van der Waals surface area contributed by atoms with Crippen molar-refractivity contribution in [3.63, 3.8) is 0 Å². The fraction of sp³-hybridized carbons (Fsp3) is 0.429. The van der Waals surface area contributed by atoms with Crippen molar-refractivity contribution in [2.24, 2.45) is 0 Å². The van der Waals surface area contributed by atoms with Gasteiger partial charge in [0.05, 0.1) is 5.56 Å². The van der Waals surface area contributed by atoms with Gasteiger partial charge in [-0.05, 0) is 38.5 Å². The van der Waals surface area contributed by atoms with E-state index in [4.69, 9.17) is 4.74 Å². The second kappa shape index (κ2) is 7.96. The maximum absolute atomic E-state index is 13.1. The van der Waals surface area contributed by atoms with Gasteiger partial charge in [-0.15, -0.1) is 0 Å². The molecule has 1 saturated heterocycles. The van der Waals surface area contributed by atoms with Gasteiger partial charge in [0.2, 0.25) is 5.91 Å². The van der Waals surface area contributed by atoms with E-state index in [1.807, 2.05) is 36.9 Å². The van der Waals surface area contributed by atoms with Crippen LogP contribution in [0.15, 0.2) is 30.3 Å². The summed E-state index contributed by atoms with van der Waals surface area (Å²) in [6.07, 6.45) is 0. The van der Waals surface area contributed by atoms with Crippen molar-refractivity contribution in [2.45, 2.75) is 20.8 Å². The summed E-state index contributed by atoms with van der Waals surface area (Å²) >= 11 is 0. The van der Waals surface area contributed by atoms with Crippen molar-refractivity contribution in [1.29, 1.82) is 0 Å². The smallest absolute Gasteiger partial charge is 0.255 e. The lowest BCUT2D eigenvalue weighted by Gasteiger charge is -2.34. The molecule has 1 aliphatic rings. The normalized spacial score (nSPS) is 14.5. The Labute approximate surface area is 160 Å². The first-order valence-corrected chi connectivity index (χ1v) is 9.25. The molecule has 0 aliphatic carbocycles. The van der Waals surface area contributed by atoms with Crippen LogP contribution in [0.3, 0.4) is 0 Å². The van der Waals surface area contributed by atoms with Gasteiger partial charge in [-0.25, -0.2) is 0 Å². The lowest BCUT2D eigenvalue weighted by molar-refractivity contribution is -0.136. The van der Waals surface area contributed by atoms with E-state index in [1.54, 1.807) is 4.90 Å². The maximum atomic E-state index is 13.1. The summed E-state index contributed by atoms with van der Waals surface area (Å²) in [5.41, 5.74) is 4.99. The molecule has 0 unspecified atom stereocenters. The first kappa shape index (κ1) is 19.2. The van der Waals surface area contributed by atoms with Gasteiger partial charge in [0, 0.05) is 50.4 Å². The van der Waals surface area contributed by atoms with E-state index in [-0.39, 0.29) is 18.4 Å². The van der Waals surface area contributed by atoms with Crippen molar-refractivity contribution in [2.75, 3.05) is 39.9 Å². The van der Waals surface area contributed by atoms with Crippen LogP contribution >= 0.6 is 0 Å². The number of ether oxygens (including phenoxy) is 1. The number of carbonyl (C=O) groups excluding carboxylic acids is 2. The van der Waals surface area contributed by atoms with Crippen LogP contribution in [0.4, 0.5) is 0 Å². The quantitative estimate of drug-likeness (QED) is 0.831. The highest BCUT2D eigenvalue weighted by atomic mass is 16.5. The van der Waals surface area contributed by atoms with E-state index in [0.717, 1.165) is 22.6 Å². The molecule has 144 valence electrons. The fourth-order valence-electron chi connectivity index (χ4n) is 3.71. The van der Waals surface area contributed by atoms with Gasteiger partial charge in [-0.1, -0.05) is 18.2 Å². The number of hydrogen-bond acceptors (Lipinski definition) is 3. The Morgan fingerprint density at radius 2 is 1.63 bits per heavy atom. The van der Waals surface area contributed by atoms with Gasteiger partial charge >= 0.3 is 0 Å². The van der Waals surface area contributed by atoms with Gasteiger partial charge in [0.25, 0.3) is 5.91 Å². The number of hydrogen-bond donors (Lipinski definition) is 0. The van der Waals surface area contributed by atoms with Gasteiger partial charge in [-0.2, -0.15) is 0 Å². The number of para-hydroxylation sites is 1. The molecule has 1 fully saturated rings. The lowest BCUT2D eigenvalue weighted by atomic mass is 10.1.